The zero-order valence-corrected chi connectivity index (χ0v) is 10.9. The van der Waals surface area contributed by atoms with Crippen LogP contribution in [0.2, 0.25) is 0 Å². The van der Waals surface area contributed by atoms with Gasteiger partial charge < -0.3 is 0 Å². The van der Waals surface area contributed by atoms with Crippen molar-refractivity contribution in [2.24, 2.45) is 0 Å². The zero-order valence-electron chi connectivity index (χ0n) is 10.1. The van der Waals surface area contributed by atoms with Crippen LogP contribution >= 0.6 is 11.3 Å². The molecule has 1 aliphatic rings. The Bertz CT molecular complexity index is 524. The maximum absolute atomic E-state index is 11.9. The van der Waals surface area contributed by atoms with Gasteiger partial charge in [0.2, 0.25) is 5.91 Å². The molecule has 0 aromatic carbocycles. The third kappa shape index (κ3) is 2.35. The molecule has 4 amide bonds. The number of hydrogen-bond acceptors (Lipinski definition) is 4. The summed E-state index contributed by atoms with van der Waals surface area (Å²) >= 11 is 1.40. The van der Waals surface area contributed by atoms with Gasteiger partial charge in [0.15, 0.2) is 0 Å². The first kappa shape index (κ1) is 12.6. The number of imide groups is 1. The number of carbonyl (C=O) groups excluding carboxylic acids is 3. The van der Waals surface area contributed by atoms with Gasteiger partial charge in [-0.3, -0.25) is 20.3 Å². The van der Waals surface area contributed by atoms with Crippen LogP contribution in [0.3, 0.4) is 0 Å². The van der Waals surface area contributed by atoms with Gasteiger partial charge in [-0.2, -0.15) is 0 Å². The van der Waals surface area contributed by atoms with Crippen molar-refractivity contribution in [3.63, 3.8) is 0 Å². The van der Waals surface area contributed by atoms with E-state index in [1.54, 1.807) is 6.07 Å². The molecule has 0 radical (unpaired) electrons. The number of rotatable bonds is 3. The smallest absolute Gasteiger partial charge is 0.275 e. The summed E-state index contributed by atoms with van der Waals surface area (Å²) in [7, 11) is 0. The Balaban J connectivity index is 2.07. The quantitative estimate of drug-likeness (QED) is 0.796. The molecule has 1 aromatic rings. The van der Waals surface area contributed by atoms with Gasteiger partial charge in [-0.1, -0.05) is 6.92 Å². The molecule has 2 N–H and O–H groups in total. The van der Waals surface area contributed by atoms with Crippen LogP contribution in [0.5, 0.6) is 0 Å². The molecule has 0 atom stereocenters. The second kappa shape index (κ2) is 4.77. The van der Waals surface area contributed by atoms with E-state index in [-0.39, 0.29) is 12.5 Å². The number of aryl methyl sites for hydroxylation is 2. The second-order valence-corrected chi connectivity index (χ2v) is 5.09. The van der Waals surface area contributed by atoms with Crippen LogP contribution in [0, 0.1) is 6.92 Å². The summed E-state index contributed by atoms with van der Waals surface area (Å²) in [6.45, 7) is 3.82. The van der Waals surface area contributed by atoms with Crippen LogP contribution in [0.25, 0.3) is 0 Å². The summed E-state index contributed by atoms with van der Waals surface area (Å²) in [6, 6.07) is 1.19. The highest BCUT2D eigenvalue weighted by atomic mass is 32.1. The van der Waals surface area contributed by atoms with Crippen LogP contribution in [0.4, 0.5) is 4.79 Å². The molecule has 0 spiro atoms. The van der Waals surface area contributed by atoms with Crippen molar-refractivity contribution in [1.29, 1.82) is 0 Å². The fraction of sp³-hybridized carbons (Fsp3) is 0.364. The van der Waals surface area contributed by atoms with E-state index in [2.05, 4.69) is 10.7 Å². The number of amides is 4. The highest BCUT2D eigenvalue weighted by Crippen LogP contribution is 2.22. The molecule has 1 aliphatic heterocycles. The normalized spacial score (nSPS) is 14.9. The molecule has 0 aliphatic carbocycles. The van der Waals surface area contributed by atoms with Gasteiger partial charge in [-0.15, -0.1) is 11.3 Å². The van der Waals surface area contributed by atoms with E-state index in [0.29, 0.717) is 4.88 Å². The molecule has 6 nitrogen and oxygen atoms in total. The molecule has 2 heterocycles. The number of thiophene rings is 1. The molecule has 18 heavy (non-hydrogen) atoms. The van der Waals surface area contributed by atoms with Crippen molar-refractivity contribution in [3.05, 3.63) is 21.4 Å². The Morgan fingerprint density at radius 1 is 1.56 bits per heavy atom. The van der Waals surface area contributed by atoms with Crippen molar-refractivity contribution < 1.29 is 14.4 Å². The molecular weight excluding hydrogens is 254 g/mol. The first-order valence-electron chi connectivity index (χ1n) is 5.53. The molecule has 7 heteroatoms. The first-order chi connectivity index (χ1) is 8.51. The fourth-order valence-electron chi connectivity index (χ4n) is 1.69. The number of nitrogens with one attached hydrogen (secondary N) is 2. The van der Waals surface area contributed by atoms with Crippen LogP contribution in [-0.2, 0) is 11.2 Å². The van der Waals surface area contributed by atoms with Crippen LogP contribution in [-0.4, -0.2) is 29.4 Å². The molecule has 0 bridgehead atoms. The third-order valence-electron chi connectivity index (χ3n) is 2.60. The van der Waals surface area contributed by atoms with Crippen molar-refractivity contribution in [2.45, 2.75) is 20.3 Å². The lowest BCUT2D eigenvalue weighted by Gasteiger charge is -2.13. The van der Waals surface area contributed by atoms with Gasteiger partial charge in [0, 0.05) is 4.88 Å². The Kier molecular flexibility index (Phi) is 3.33. The summed E-state index contributed by atoms with van der Waals surface area (Å²) in [5.41, 5.74) is 3.48. The Labute approximate surface area is 108 Å². The van der Waals surface area contributed by atoms with Crippen molar-refractivity contribution in [2.75, 3.05) is 6.54 Å². The molecule has 1 saturated heterocycles. The highest BCUT2D eigenvalue weighted by molar-refractivity contribution is 7.14. The standard InChI is InChI=1S/C11H13N3O3S/c1-3-7-6(2)4-8(18-7)10(16)13-14-5-9(15)12-11(14)17/h4H,3,5H2,1-2H3,(H,13,16)(H,12,15,17). The summed E-state index contributed by atoms with van der Waals surface area (Å²) in [5.74, 6) is -0.787. The minimum atomic E-state index is -0.600. The first-order valence-corrected chi connectivity index (χ1v) is 6.34. The van der Waals surface area contributed by atoms with E-state index in [4.69, 9.17) is 0 Å². The number of urea groups is 1. The minimum absolute atomic E-state index is 0.143. The molecule has 0 unspecified atom stereocenters. The van der Waals surface area contributed by atoms with Crippen molar-refractivity contribution in [1.82, 2.24) is 15.8 Å². The highest BCUT2D eigenvalue weighted by Gasteiger charge is 2.28. The maximum atomic E-state index is 11.9. The summed E-state index contributed by atoms with van der Waals surface area (Å²) < 4.78 is 0. The van der Waals surface area contributed by atoms with Gasteiger partial charge >= 0.3 is 6.03 Å². The molecule has 1 fully saturated rings. The number of hydrogen-bond donors (Lipinski definition) is 2. The average molecular weight is 267 g/mol. The Morgan fingerprint density at radius 3 is 2.78 bits per heavy atom. The van der Waals surface area contributed by atoms with Crippen LogP contribution in [0.15, 0.2) is 6.07 Å². The summed E-state index contributed by atoms with van der Waals surface area (Å²) in [6.07, 6.45) is 0.868. The van der Waals surface area contributed by atoms with Crippen molar-refractivity contribution >= 4 is 29.2 Å². The SMILES string of the molecule is CCc1sc(C(=O)NN2CC(=O)NC2=O)cc1C. The molecule has 0 saturated carbocycles. The van der Waals surface area contributed by atoms with E-state index < -0.39 is 11.9 Å². The minimum Gasteiger partial charge on any atom is -0.275 e. The van der Waals surface area contributed by atoms with E-state index in [1.165, 1.54) is 11.3 Å². The largest absolute Gasteiger partial charge is 0.343 e. The second-order valence-electron chi connectivity index (χ2n) is 3.95. The van der Waals surface area contributed by atoms with Gasteiger partial charge in [0.05, 0.1) is 4.88 Å². The topological polar surface area (TPSA) is 78.5 Å². The molecule has 96 valence electrons. The summed E-state index contributed by atoms with van der Waals surface area (Å²) in [4.78, 5) is 35.8. The lowest BCUT2D eigenvalue weighted by atomic mass is 10.2. The van der Waals surface area contributed by atoms with Gasteiger partial charge in [-0.25, -0.2) is 9.80 Å². The number of carbonyl (C=O) groups is 3. The maximum Gasteiger partial charge on any atom is 0.343 e. The van der Waals surface area contributed by atoms with Crippen LogP contribution in [0.1, 0.15) is 27.0 Å². The van der Waals surface area contributed by atoms with Crippen molar-refractivity contribution in [3.8, 4) is 0 Å². The van der Waals surface area contributed by atoms with Gasteiger partial charge in [0.1, 0.15) is 6.54 Å². The Hall–Kier alpha value is -1.89. The van der Waals surface area contributed by atoms with Gasteiger partial charge in [-0.05, 0) is 25.0 Å². The average Bonchev–Trinajstić information content (AvgIpc) is 2.82. The number of nitrogens with zero attached hydrogens (tertiary/aromatic N) is 1. The lowest BCUT2D eigenvalue weighted by Crippen LogP contribution is -2.43. The molecule has 2 rings (SSSR count). The fourth-order valence-corrected chi connectivity index (χ4v) is 2.70. The van der Waals surface area contributed by atoms with E-state index in [1.807, 2.05) is 13.8 Å². The molecule has 1 aromatic heterocycles. The zero-order chi connectivity index (χ0) is 13.3. The van der Waals surface area contributed by atoms with Crippen LogP contribution < -0.4 is 10.7 Å². The predicted octanol–water partition coefficient (Wildman–Crippen LogP) is 0.816. The number of hydrazine groups is 1. The monoisotopic (exact) mass is 267 g/mol. The van der Waals surface area contributed by atoms with E-state index in [9.17, 15) is 14.4 Å². The summed E-state index contributed by atoms with van der Waals surface area (Å²) in [5, 5.41) is 3.07. The third-order valence-corrected chi connectivity index (χ3v) is 3.98. The Morgan fingerprint density at radius 2 is 2.28 bits per heavy atom. The lowest BCUT2D eigenvalue weighted by molar-refractivity contribution is -0.118. The predicted molar refractivity (Wildman–Crippen MR) is 66.1 cm³/mol. The van der Waals surface area contributed by atoms with Gasteiger partial charge in [0.25, 0.3) is 5.91 Å². The van der Waals surface area contributed by atoms with E-state index in [0.717, 1.165) is 21.9 Å². The molecular formula is C11H13N3O3S. The van der Waals surface area contributed by atoms with E-state index >= 15 is 0 Å².